The predicted octanol–water partition coefficient (Wildman–Crippen LogP) is 1.95. The van der Waals surface area contributed by atoms with E-state index < -0.39 is 0 Å². The van der Waals surface area contributed by atoms with Gasteiger partial charge >= 0.3 is 0 Å². The monoisotopic (exact) mass is 430 g/mol. The van der Waals surface area contributed by atoms with Crippen molar-refractivity contribution in [1.29, 1.82) is 0 Å². The molecule has 30 heavy (non-hydrogen) atoms. The van der Waals surface area contributed by atoms with Gasteiger partial charge in [0.1, 0.15) is 0 Å². The molecule has 1 saturated heterocycles. The fourth-order valence-corrected chi connectivity index (χ4v) is 5.18. The number of rotatable bonds is 6. The Kier molecular flexibility index (Phi) is 5.76. The second kappa shape index (κ2) is 8.81. The third-order valence-electron chi connectivity index (χ3n) is 6.03. The number of carbonyl (C=O) groups excluding carboxylic acids is 1. The maximum absolute atomic E-state index is 12.7. The van der Waals surface area contributed by atoms with Crippen LogP contribution in [-0.2, 0) is 11.3 Å². The van der Waals surface area contributed by atoms with Gasteiger partial charge in [0.15, 0.2) is 11.5 Å². The summed E-state index contributed by atoms with van der Waals surface area (Å²) in [5, 5.41) is 12.9. The van der Waals surface area contributed by atoms with E-state index in [1.54, 1.807) is 0 Å². The SMILES string of the molecule is O=C(CSc1nnnn1C1CCCC1)N1CCN(Cc2ccc3c(c2)OCO3)CC1. The highest BCUT2D eigenvalue weighted by molar-refractivity contribution is 7.99. The maximum atomic E-state index is 12.7. The van der Waals surface area contributed by atoms with Crippen molar-refractivity contribution in [3.8, 4) is 11.5 Å². The van der Waals surface area contributed by atoms with Gasteiger partial charge in [-0.25, -0.2) is 4.68 Å². The van der Waals surface area contributed by atoms with Gasteiger partial charge in [-0.3, -0.25) is 9.69 Å². The number of tetrazole rings is 1. The summed E-state index contributed by atoms with van der Waals surface area (Å²) in [7, 11) is 0. The molecule has 9 nitrogen and oxygen atoms in total. The first kappa shape index (κ1) is 19.6. The average molecular weight is 431 g/mol. The summed E-state index contributed by atoms with van der Waals surface area (Å²) in [6, 6.07) is 6.48. The summed E-state index contributed by atoms with van der Waals surface area (Å²) < 4.78 is 12.7. The molecule has 0 radical (unpaired) electrons. The highest BCUT2D eigenvalue weighted by atomic mass is 32.2. The lowest BCUT2D eigenvalue weighted by atomic mass is 10.1. The highest BCUT2D eigenvalue weighted by Gasteiger charge is 2.25. The Bertz CT molecular complexity index is 892. The number of benzene rings is 1. The van der Waals surface area contributed by atoms with Crippen molar-refractivity contribution in [1.82, 2.24) is 30.0 Å². The van der Waals surface area contributed by atoms with Crippen molar-refractivity contribution in [3.05, 3.63) is 23.8 Å². The van der Waals surface area contributed by atoms with Crippen LogP contribution in [0.25, 0.3) is 0 Å². The van der Waals surface area contributed by atoms with E-state index in [0.29, 0.717) is 18.6 Å². The zero-order valence-electron chi connectivity index (χ0n) is 16.9. The lowest BCUT2D eigenvalue weighted by Gasteiger charge is -2.34. The van der Waals surface area contributed by atoms with Gasteiger partial charge in [-0.05, 0) is 41.0 Å². The van der Waals surface area contributed by atoms with Gasteiger partial charge < -0.3 is 14.4 Å². The number of aromatic nitrogens is 4. The van der Waals surface area contributed by atoms with Crippen LogP contribution in [-0.4, -0.2) is 74.6 Å². The minimum absolute atomic E-state index is 0.156. The molecule has 1 saturated carbocycles. The van der Waals surface area contributed by atoms with Crippen molar-refractivity contribution in [2.24, 2.45) is 0 Å². The minimum Gasteiger partial charge on any atom is -0.454 e. The molecule has 2 aromatic rings. The lowest BCUT2D eigenvalue weighted by molar-refractivity contribution is -0.130. The summed E-state index contributed by atoms with van der Waals surface area (Å²) in [6.07, 6.45) is 4.70. The summed E-state index contributed by atoms with van der Waals surface area (Å²) in [4.78, 5) is 17.0. The number of nitrogens with zero attached hydrogens (tertiary/aromatic N) is 6. The van der Waals surface area contributed by atoms with Crippen LogP contribution in [0, 0.1) is 0 Å². The van der Waals surface area contributed by atoms with Crippen LogP contribution in [0.4, 0.5) is 0 Å². The Morgan fingerprint density at radius 3 is 2.73 bits per heavy atom. The van der Waals surface area contributed by atoms with E-state index in [1.165, 1.54) is 30.2 Å². The Balaban J connectivity index is 1.09. The molecule has 3 aliphatic rings. The molecule has 1 aromatic carbocycles. The van der Waals surface area contributed by atoms with Crippen LogP contribution in [0.5, 0.6) is 11.5 Å². The number of piperazine rings is 1. The number of fused-ring (bicyclic) bond motifs is 1. The van der Waals surface area contributed by atoms with Crippen molar-refractivity contribution in [3.63, 3.8) is 0 Å². The van der Waals surface area contributed by atoms with Gasteiger partial charge in [-0.15, -0.1) is 5.10 Å². The van der Waals surface area contributed by atoms with Gasteiger partial charge in [0.25, 0.3) is 0 Å². The van der Waals surface area contributed by atoms with Crippen LogP contribution in [0.3, 0.4) is 0 Å². The molecular weight excluding hydrogens is 404 g/mol. The van der Waals surface area contributed by atoms with Crippen LogP contribution >= 0.6 is 11.8 Å². The van der Waals surface area contributed by atoms with Gasteiger partial charge in [0, 0.05) is 32.7 Å². The summed E-state index contributed by atoms with van der Waals surface area (Å²) in [5.41, 5.74) is 1.20. The van der Waals surface area contributed by atoms with Crippen molar-refractivity contribution in [2.75, 3.05) is 38.7 Å². The quantitative estimate of drug-likeness (QED) is 0.643. The molecule has 2 aliphatic heterocycles. The number of thioether (sulfide) groups is 1. The molecule has 0 N–H and O–H groups in total. The standard InChI is InChI=1S/C20H26N6O3S/c27-19(13-30-20-21-22-23-26(20)16-3-1-2-4-16)25-9-7-24(8-10-25)12-15-5-6-17-18(11-15)29-14-28-17/h5-6,11,16H,1-4,7-10,12-14H2. The van der Waals surface area contributed by atoms with E-state index in [1.807, 2.05) is 21.7 Å². The summed E-state index contributed by atoms with van der Waals surface area (Å²) in [5.74, 6) is 2.17. The highest BCUT2D eigenvalue weighted by Crippen LogP contribution is 2.33. The largest absolute Gasteiger partial charge is 0.454 e. The molecule has 3 heterocycles. The van der Waals surface area contributed by atoms with Gasteiger partial charge in [-0.1, -0.05) is 30.7 Å². The summed E-state index contributed by atoms with van der Waals surface area (Å²) >= 11 is 1.45. The van der Waals surface area contributed by atoms with Crippen molar-refractivity contribution >= 4 is 17.7 Å². The smallest absolute Gasteiger partial charge is 0.233 e. The third-order valence-corrected chi connectivity index (χ3v) is 6.94. The Morgan fingerprint density at radius 1 is 1.10 bits per heavy atom. The van der Waals surface area contributed by atoms with Gasteiger partial charge in [0.2, 0.25) is 17.9 Å². The molecule has 2 fully saturated rings. The van der Waals surface area contributed by atoms with E-state index in [2.05, 4.69) is 26.5 Å². The molecule has 5 rings (SSSR count). The van der Waals surface area contributed by atoms with Gasteiger partial charge in [-0.2, -0.15) is 0 Å². The predicted molar refractivity (Wildman–Crippen MR) is 110 cm³/mol. The zero-order chi connectivity index (χ0) is 20.3. The Hall–Kier alpha value is -2.33. The van der Waals surface area contributed by atoms with Crippen molar-refractivity contribution in [2.45, 2.75) is 43.4 Å². The van der Waals surface area contributed by atoms with E-state index in [0.717, 1.165) is 62.2 Å². The van der Waals surface area contributed by atoms with E-state index in [-0.39, 0.29) is 5.91 Å². The molecule has 1 aliphatic carbocycles. The second-order valence-corrected chi connectivity index (χ2v) is 8.92. The molecule has 10 heteroatoms. The minimum atomic E-state index is 0.156. The average Bonchev–Trinajstić information content (AvgIpc) is 3.53. The number of hydrogen-bond donors (Lipinski definition) is 0. The molecule has 0 spiro atoms. The van der Waals surface area contributed by atoms with Gasteiger partial charge in [0.05, 0.1) is 11.8 Å². The molecule has 160 valence electrons. The van der Waals surface area contributed by atoms with E-state index in [9.17, 15) is 4.79 Å². The topological polar surface area (TPSA) is 85.6 Å². The molecular formula is C20H26N6O3S. The van der Waals surface area contributed by atoms with E-state index >= 15 is 0 Å². The fourth-order valence-electron chi connectivity index (χ4n) is 4.33. The zero-order valence-corrected chi connectivity index (χ0v) is 17.7. The lowest BCUT2D eigenvalue weighted by Crippen LogP contribution is -2.48. The fraction of sp³-hybridized carbons (Fsp3) is 0.600. The molecule has 0 atom stereocenters. The van der Waals surface area contributed by atoms with Crippen LogP contribution in [0.15, 0.2) is 23.4 Å². The maximum Gasteiger partial charge on any atom is 0.233 e. The third kappa shape index (κ3) is 4.24. The first-order chi connectivity index (χ1) is 14.8. The number of amides is 1. The van der Waals surface area contributed by atoms with Crippen LogP contribution in [0.1, 0.15) is 37.3 Å². The normalized spacial score (nSPS) is 19.5. The number of hydrogen-bond acceptors (Lipinski definition) is 8. The number of ether oxygens (including phenoxy) is 2. The van der Waals surface area contributed by atoms with Crippen molar-refractivity contribution < 1.29 is 14.3 Å². The molecule has 0 bridgehead atoms. The molecule has 0 unspecified atom stereocenters. The first-order valence-corrected chi connectivity index (χ1v) is 11.5. The Morgan fingerprint density at radius 2 is 1.90 bits per heavy atom. The second-order valence-electron chi connectivity index (χ2n) is 7.98. The first-order valence-electron chi connectivity index (χ1n) is 10.6. The molecule has 1 amide bonds. The Labute approximate surface area is 179 Å². The molecule has 1 aromatic heterocycles. The number of carbonyl (C=O) groups is 1. The van der Waals surface area contributed by atoms with Crippen LogP contribution in [0.2, 0.25) is 0 Å². The summed E-state index contributed by atoms with van der Waals surface area (Å²) in [6.45, 7) is 4.37. The van der Waals surface area contributed by atoms with E-state index in [4.69, 9.17) is 9.47 Å². The van der Waals surface area contributed by atoms with Crippen LogP contribution < -0.4 is 9.47 Å².